The second-order valence-electron chi connectivity index (χ2n) is 7.14. The number of fused-ring (bicyclic) bond motifs is 1. The molecule has 1 N–H and O–H groups in total. The number of amides is 1. The number of rotatable bonds is 4. The van der Waals surface area contributed by atoms with Crippen LogP contribution < -0.4 is 10.1 Å². The maximum Gasteiger partial charge on any atom is 0.262 e. The fourth-order valence-electron chi connectivity index (χ4n) is 2.72. The van der Waals surface area contributed by atoms with Gasteiger partial charge in [-0.3, -0.25) is 4.79 Å². The zero-order chi connectivity index (χ0) is 17.9. The van der Waals surface area contributed by atoms with Gasteiger partial charge in [0.2, 0.25) is 0 Å². The van der Waals surface area contributed by atoms with Gasteiger partial charge in [-0.25, -0.2) is 0 Å². The summed E-state index contributed by atoms with van der Waals surface area (Å²) in [6.45, 7) is 6.49. The largest absolute Gasteiger partial charge is 0.484 e. The molecule has 0 aromatic heterocycles. The Morgan fingerprint density at radius 3 is 2.32 bits per heavy atom. The van der Waals surface area contributed by atoms with E-state index in [1.807, 2.05) is 66.7 Å². The Hall–Kier alpha value is -2.81. The second-order valence-corrected chi connectivity index (χ2v) is 7.14. The maximum atomic E-state index is 12.2. The van der Waals surface area contributed by atoms with E-state index in [0.29, 0.717) is 5.75 Å². The third kappa shape index (κ3) is 4.18. The van der Waals surface area contributed by atoms with E-state index in [0.717, 1.165) is 16.5 Å². The molecular weight excluding hydrogens is 310 g/mol. The molecule has 0 saturated heterocycles. The Morgan fingerprint density at radius 1 is 0.920 bits per heavy atom. The highest BCUT2D eigenvalue weighted by molar-refractivity contribution is 6.02. The van der Waals surface area contributed by atoms with E-state index in [1.54, 1.807) is 0 Å². The molecule has 0 bridgehead atoms. The third-order valence-corrected chi connectivity index (χ3v) is 4.15. The van der Waals surface area contributed by atoms with E-state index in [2.05, 4.69) is 26.1 Å². The van der Waals surface area contributed by atoms with Crippen molar-refractivity contribution in [2.45, 2.75) is 26.2 Å². The Kier molecular flexibility index (Phi) is 4.75. The molecule has 3 heteroatoms. The number of nitrogens with one attached hydrogen (secondary N) is 1. The van der Waals surface area contributed by atoms with E-state index >= 15 is 0 Å². The van der Waals surface area contributed by atoms with Crippen molar-refractivity contribution in [3.63, 3.8) is 0 Å². The van der Waals surface area contributed by atoms with Crippen LogP contribution in [0.3, 0.4) is 0 Å². The fourth-order valence-corrected chi connectivity index (χ4v) is 2.72. The Morgan fingerprint density at radius 2 is 1.60 bits per heavy atom. The topological polar surface area (TPSA) is 38.3 Å². The van der Waals surface area contributed by atoms with Crippen molar-refractivity contribution >= 4 is 22.4 Å². The number of carbonyl (C=O) groups excluding carboxylic acids is 1. The molecule has 0 aliphatic carbocycles. The van der Waals surface area contributed by atoms with Crippen molar-refractivity contribution in [1.82, 2.24) is 0 Å². The Bertz CT molecular complexity index is 871. The molecule has 1 amide bonds. The monoisotopic (exact) mass is 333 g/mol. The number of hydrogen-bond donors (Lipinski definition) is 1. The van der Waals surface area contributed by atoms with Gasteiger partial charge < -0.3 is 10.1 Å². The van der Waals surface area contributed by atoms with Crippen molar-refractivity contribution in [3.8, 4) is 5.75 Å². The van der Waals surface area contributed by atoms with Crippen molar-refractivity contribution in [2.24, 2.45) is 0 Å². The van der Waals surface area contributed by atoms with Crippen LogP contribution in [0.1, 0.15) is 26.3 Å². The van der Waals surface area contributed by atoms with Gasteiger partial charge in [-0.05, 0) is 34.6 Å². The van der Waals surface area contributed by atoms with Crippen molar-refractivity contribution in [2.75, 3.05) is 11.9 Å². The van der Waals surface area contributed by atoms with E-state index in [-0.39, 0.29) is 17.9 Å². The summed E-state index contributed by atoms with van der Waals surface area (Å²) in [5, 5.41) is 5.04. The summed E-state index contributed by atoms with van der Waals surface area (Å²) < 4.78 is 5.61. The maximum absolute atomic E-state index is 12.2. The average Bonchev–Trinajstić information content (AvgIpc) is 2.60. The van der Waals surface area contributed by atoms with E-state index in [4.69, 9.17) is 4.74 Å². The van der Waals surface area contributed by atoms with Crippen LogP contribution in [0.2, 0.25) is 0 Å². The lowest BCUT2D eigenvalue weighted by Gasteiger charge is -2.19. The lowest BCUT2D eigenvalue weighted by atomic mass is 9.87. The molecule has 0 radical (unpaired) electrons. The minimum atomic E-state index is -0.170. The van der Waals surface area contributed by atoms with Crippen molar-refractivity contribution < 1.29 is 9.53 Å². The Labute approximate surface area is 148 Å². The summed E-state index contributed by atoms with van der Waals surface area (Å²) in [4.78, 5) is 12.2. The Balaban J connectivity index is 1.63. The number of hydrogen-bond acceptors (Lipinski definition) is 2. The van der Waals surface area contributed by atoms with Gasteiger partial charge in [0, 0.05) is 11.1 Å². The number of ether oxygens (including phenoxy) is 1. The van der Waals surface area contributed by atoms with E-state index < -0.39 is 0 Å². The molecule has 128 valence electrons. The van der Waals surface area contributed by atoms with Gasteiger partial charge in [-0.15, -0.1) is 0 Å². The summed E-state index contributed by atoms with van der Waals surface area (Å²) in [5.74, 6) is 0.525. The number of benzene rings is 3. The molecule has 0 atom stereocenters. The highest BCUT2D eigenvalue weighted by atomic mass is 16.5. The van der Waals surface area contributed by atoms with E-state index in [9.17, 15) is 4.79 Å². The number of anilines is 1. The van der Waals surface area contributed by atoms with Crippen LogP contribution in [-0.4, -0.2) is 12.5 Å². The van der Waals surface area contributed by atoms with Gasteiger partial charge in [-0.1, -0.05) is 69.3 Å². The molecule has 0 aliphatic rings. The van der Waals surface area contributed by atoms with Gasteiger partial charge in [-0.2, -0.15) is 0 Å². The van der Waals surface area contributed by atoms with E-state index in [1.165, 1.54) is 5.56 Å². The average molecular weight is 333 g/mol. The second kappa shape index (κ2) is 6.98. The van der Waals surface area contributed by atoms with Crippen LogP contribution in [0.5, 0.6) is 5.75 Å². The SMILES string of the molecule is CC(C)(C)c1ccc(OCC(=O)Nc2cccc3ccccc23)cc1. The lowest BCUT2D eigenvalue weighted by Crippen LogP contribution is -2.20. The molecule has 3 aromatic rings. The first kappa shape index (κ1) is 17.0. The first-order chi connectivity index (χ1) is 11.9. The molecule has 0 unspecified atom stereocenters. The first-order valence-electron chi connectivity index (χ1n) is 8.44. The van der Waals surface area contributed by atoms with Gasteiger partial charge in [0.15, 0.2) is 6.61 Å². The predicted molar refractivity (Wildman–Crippen MR) is 103 cm³/mol. The van der Waals surface area contributed by atoms with Crippen LogP contribution in [0.25, 0.3) is 10.8 Å². The highest BCUT2D eigenvalue weighted by Crippen LogP contribution is 2.25. The molecular formula is C22H23NO2. The molecule has 25 heavy (non-hydrogen) atoms. The molecule has 0 saturated carbocycles. The summed E-state index contributed by atoms with van der Waals surface area (Å²) in [7, 11) is 0. The van der Waals surface area contributed by atoms with Crippen LogP contribution in [-0.2, 0) is 10.2 Å². The van der Waals surface area contributed by atoms with Gasteiger partial charge in [0.05, 0.1) is 0 Å². The lowest BCUT2D eigenvalue weighted by molar-refractivity contribution is -0.118. The molecule has 0 aliphatic heterocycles. The summed E-state index contributed by atoms with van der Waals surface area (Å²) in [6, 6.07) is 21.7. The van der Waals surface area contributed by atoms with Crippen molar-refractivity contribution in [3.05, 3.63) is 72.3 Å². The van der Waals surface area contributed by atoms with Crippen LogP contribution in [0.15, 0.2) is 66.7 Å². The minimum absolute atomic E-state index is 0.0158. The van der Waals surface area contributed by atoms with Gasteiger partial charge in [0.1, 0.15) is 5.75 Å². The standard InChI is InChI=1S/C22H23NO2/c1-22(2,3)17-11-13-18(14-12-17)25-15-21(24)23-20-10-6-8-16-7-4-5-9-19(16)20/h4-14H,15H2,1-3H3,(H,23,24). The van der Waals surface area contributed by atoms with Crippen LogP contribution in [0, 0.1) is 0 Å². The molecule has 3 aromatic carbocycles. The van der Waals surface area contributed by atoms with Crippen molar-refractivity contribution in [1.29, 1.82) is 0 Å². The molecule has 0 heterocycles. The van der Waals surface area contributed by atoms with Gasteiger partial charge >= 0.3 is 0 Å². The zero-order valence-electron chi connectivity index (χ0n) is 14.9. The number of carbonyl (C=O) groups is 1. The molecule has 0 fully saturated rings. The van der Waals surface area contributed by atoms with Crippen LogP contribution in [0.4, 0.5) is 5.69 Å². The minimum Gasteiger partial charge on any atom is -0.484 e. The molecule has 0 spiro atoms. The third-order valence-electron chi connectivity index (χ3n) is 4.15. The summed E-state index contributed by atoms with van der Waals surface area (Å²) in [5.41, 5.74) is 2.14. The molecule has 3 nitrogen and oxygen atoms in total. The molecule has 3 rings (SSSR count). The highest BCUT2D eigenvalue weighted by Gasteiger charge is 2.13. The normalized spacial score (nSPS) is 11.3. The zero-order valence-corrected chi connectivity index (χ0v) is 14.9. The summed E-state index contributed by atoms with van der Waals surface area (Å²) in [6.07, 6.45) is 0. The first-order valence-corrected chi connectivity index (χ1v) is 8.44. The van der Waals surface area contributed by atoms with Gasteiger partial charge in [0.25, 0.3) is 5.91 Å². The summed E-state index contributed by atoms with van der Waals surface area (Å²) >= 11 is 0. The fraction of sp³-hybridized carbons (Fsp3) is 0.227. The smallest absolute Gasteiger partial charge is 0.262 e. The van der Waals surface area contributed by atoms with Crippen LogP contribution >= 0.6 is 0 Å². The quantitative estimate of drug-likeness (QED) is 0.716. The predicted octanol–water partition coefficient (Wildman–Crippen LogP) is 5.15.